The van der Waals surface area contributed by atoms with E-state index in [1.807, 2.05) is 0 Å². The number of hydrogen-bond acceptors (Lipinski definition) is 4. The van der Waals surface area contributed by atoms with Gasteiger partial charge in [0.25, 0.3) is 0 Å². The number of carbonyl (C=O) groups is 1. The monoisotopic (exact) mass is 402 g/mol. The van der Waals surface area contributed by atoms with Crippen LogP contribution in [-0.4, -0.2) is 38.1 Å². The van der Waals surface area contributed by atoms with Crippen molar-refractivity contribution in [3.63, 3.8) is 0 Å². The van der Waals surface area contributed by atoms with E-state index in [-0.39, 0.29) is 11.8 Å². The third kappa shape index (κ3) is 4.97. The predicted molar refractivity (Wildman–Crippen MR) is 112 cm³/mol. The number of anilines is 1. The topological polar surface area (TPSA) is 50.8 Å². The van der Waals surface area contributed by atoms with Crippen LogP contribution in [0.1, 0.15) is 24.0 Å². The van der Waals surface area contributed by atoms with E-state index in [1.165, 1.54) is 11.1 Å². The standard InChI is InChI=1S/C22H27ClN2O3/c1-15-4-6-16(7-5-15)14-25-10-8-17(9-11-25)22(26)24-19-13-20(27-2)18(23)12-21(19)28-3/h4-7,12-13,17H,8-11,14H2,1-3H3,(H,24,26). The van der Waals surface area contributed by atoms with Crippen molar-refractivity contribution in [2.24, 2.45) is 5.92 Å². The molecule has 3 rings (SSSR count). The van der Waals surface area contributed by atoms with Gasteiger partial charge in [-0.3, -0.25) is 9.69 Å². The summed E-state index contributed by atoms with van der Waals surface area (Å²) in [6.45, 7) is 4.84. The number of aryl methyl sites for hydroxylation is 1. The highest BCUT2D eigenvalue weighted by atomic mass is 35.5. The van der Waals surface area contributed by atoms with Gasteiger partial charge in [-0.25, -0.2) is 0 Å². The van der Waals surface area contributed by atoms with Gasteiger partial charge in [-0.15, -0.1) is 0 Å². The number of methoxy groups -OCH3 is 2. The van der Waals surface area contributed by atoms with Gasteiger partial charge >= 0.3 is 0 Å². The van der Waals surface area contributed by atoms with Crippen molar-refractivity contribution >= 4 is 23.2 Å². The zero-order chi connectivity index (χ0) is 20.1. The van der Waals surface area contributed by atoms with E-state index in [1.54, 1.807) is 26.4 Å². The Bertz CT molecular complexity index is 815. The number of rotatable bonds is 6. The van der Waals surface area contributed by atoms with Crippen LogP contribution in [-0.2, 0) is 11.3 Å². The lowest BCUT2D eigenvalue weighted by atomic mass is 9.95. The van der Waals surface area contributed by atoms with Gasteiger partial charge in [0.15, 0.2) is 0 Å². The van der Waals surface area contributed by atoms with E-state index < -0.39 is 0 Å². The van der Waals surface area contributed by atoms with Crippen LogP contribution in [0.4, 0.5) is 5.69 Å². The number of hydrogen-bond donors (Lipinski definition) is 1. The fourth-order valence-electron chi connectivity index (χ4n) is 3.50. The molecule has 6 heteroatoms. The Hall–Kier alpha value is -2.24. The summed E-state index contributed by atoms with van der Waals surface area (Å²) in [5.41, 5.74) is 3.16. The molecule has 150 valence electrons. The molecule has 1 N–H and O–H groups in total. The molecule has 1 aliphatic heterocycles. The molecular formula is C22H27ClN2O3. The number of ether oxygens (including phenoxy) is 2. The van der Waals surface area contributed by atoms with Gasteiger partial charge in [-0.2, -0.15) is 0 Å². The second kappa shape index (κ2) is 9.30. The lowest BCUT2D eigenvalue weighted by Gasteiger charge is -2.31. The Kier molecular flexibility index (Phi) is 6.81. The molecule has 1 aliphatic rings. The minimum absolute atomic E-state index is 0.0117. The van der Waals surface area contributed by atoms with Gasteiger partial charge in [0, 0.05) is 24.6 Å². The number of nitrogens with one attached hydrogen (secondary N) is 1. The van der Waals surface area contributed by atoms with E-state index in [4.69, 9.17) is 21.1 Å². The average Bonchev–Trinajstić information content (AvgIpc) is 2.71. The van der Waals surface area contributed by atoms with Crippen LogP contribution < -0.4 is 14.8 Å². The normalized spacial score (nSPS) is 15.3. The van der Waals surface area contributed by atoms with Crippen LogP contribution in [0.15, 0.2) is 36.4 Å². The number of piperidine rings is 1. The van der Waals surface area contributed by atoms with Crippen molar-refractivity contribution in [1.82, 2.24) is 4.90 Å². The maximum Gasteiger partial charge on any atom is 0.227 e. The van der Waals surface area contributed by atoms with Crippen LogP contribution >= 0.6 is 11.6 Å². The number of amides is 1. The van der Waals surface area contributed by atoms with Crippen LogP contribution in [0.5, 0.6) is 11.5 Å². The number of carbonyl (C=O) groups excluding carboxylic acids is 1. The lowest BCUT2D eigenvalue weighted by Crippen LogP contribution is -2.37. The fourth-order valence-corrected chi connectivity index (χ4v) is 3.73. The van der Waals surface area contributed by atoms with Crippen LogP contribution in [0, 0.1) is 12.8 Å². The van der Waals surface area contributed by atoms with E-state index in [2.05, 4.69) is 41.4 Å². The van der Waals surface area contributed by atoms with Gasteiger partial charge in [0.2, 0.25) is 5.91 Å². The molecule has 1 saturated heterocycles. The maximum absolute atomic E-state index is 12.8. The molecule has 2 aromatic rings. The third-order valence-corrected chi connectivity index (χ3v) is 5.51. The third-order valence-electron chi connectivity index (χ3n) is 5.22. The molecule has 0 bridgehead atoms. The first kappa shape index (κ1) is 20.5. The zero-order valence-corrected chi connectivity index (χ0v) is 17.4. The molecule has 0 radical (unpaired) electrons. The number of nitrogens with zero attached hydrogens (tertiary/aromatic N) is 1. The van der Waals surface area contributed by atoms with Crippen molar-refractivity contribution in [2.75, 3.05) is 32.6 Å². The Morgan fingerprint density at radius 2 is 1.75 bits per heavy atom. The minimum atomic E-state index is -0.0133. The summed E-state index contributed by atoms with van der Waals surface area (Å²) in [6, 6.07) is 12.0. The molecule has 0 spiro atoms. The smallest absolute Gasteiger partial charge is 0.227 e. The van der Waals surface area contributed by atoms with Gasteiger partial charge < -0.3 is 14.8 Å². The van der Waals surface area contributed by atoms with Crippen molar-refractivity contribution in [2.45, 2.75) is 26.3 Å². The van der Waals surface area contributed by atoms with Crippen LogP contribution in [0.2, 0.25) is 5.02 Å². The fraction of sp³-hybridized carbons (Fsp3) is 0.409. The highest BCUT2D eigenvalue weighted by Gasteiger charge is 2.26. The summed E-state index contributed by atoms with van der Waals surface area (Å²) < 4.78 is 10.6. The second-order valence-corrected chi connectivity index (χ2v) is 7.62. The Labute approximate surface area is 171 Å². The van der Waals surface area contributed by atoms with E-state index >= 15 is 0 Å². The molecule has 0 unspecified atom stereocenters. The molecule has 1 heterocycles. The molecule has 2 aromatic carbocycles. The highest BCUT2D eigenvalue weighted by Crippen LogP contribution is 2.36. The van der Waals surface area contributed by atoms with Gasteiger partial charge in [-0.1, -0.05) is 41.4 Å². The molecule has 5 nitrogen and oxygen atoms in total. The summed E-state index contributed by atoms with van der Waals surface area (Å²) in [5, 5.41) is 3.43. The van der Waals surface area contributed by atoms with Crippen LogP contribution in [0.3, 0.4) is 0 Å². The van der Waals surface area contributed by atoms with Crippen molar-refractivity contribution in [3.05, 3.63) is 52.5 Å². The molecule has 1 amide bonds. The summed E-state index contributed by atoms with van der Waals surface area (Å²) in [7, 11) is 3.10. The first-order chi connectivity index (χ1) is 13.5. The molecule has 1 fully saturated rings. The maximum atomic E-state index is 12.8. The predicted octanol–water partition coefficient (Wildman–Crippen LogP) is 4.52. The Balaban J connectivity index is 1.57. The summed E-state index contributed by atoms with van der Waals surface area (Å²) in [6.07, 6.45) is 1.68. The Morgan fingerprint density at radius 3 is 2.36 bits per heavy atom. The summed E-state index contributed by atoms with van der Waals surface area (Å²) in [5.74, 6) is 1.03. The van der Waals surface area contributed by atoms with Crippen LogP contribution in [0.25, 0.3) is 0 Å². The summed E-state index contributed by atoms with van der Waals surface area (Å²) in [4.78, 5) is 15.2. The van der Waals surface area contributed by atoms with Gasteiger partial charge in [0.1, 0.15) is 11.5 Å². The largest absolute Gasteiger partial charge is 0.495 e. The zero-order valence-electron chi connectivity index (χ0n) is 16.6. The number of likely N-dealkylation sites (tertiary alicyclic amines) is 1. The quantitative estimate of drug-likeness (QED) is 0.772. The number of benzene rings is 2. The number of halogens is 1. The van der Waals surface area contributed by atoms with Gasteiger partial charge in [0.05, 0.1) is 24.9 Å². The average molecular weight is 403 g/mol. The van der Waals surface area contributed by atoms with E-state index in [0.717, 1.165) is 32.5 Å². The molecule has 0 aromatic heterocycles. The summed E-state index contributed by atoms with van der Waals surface area (Å²) >= 11 is 6.13. The van der Waals surface area contributed by atoms with Crippen molar-refractivity contribution in [1.29, 1.82) is 0 Å². The molecular weight excluding hydrogens is 376 g/mol. The van der Waals surface area contributed by atoms with Crippen molar-refractivity contribution < 1.29 is 14.3 Å². The molecule has 0 aliphatic carbocycles. The Morgan fingerprint density at radius 1 is 1.11 bits per heavy atom. The molecule has 0 saturated carbocycles. The SMILES string of the molecule is COc1cc(NC(=O)C2CCN(Cc3ccc(C)cc3)CC2)c(OC)cc1Cl. The first-order valence-electron chi connectivity index (χ1n) is 9.50. The van der Waals surface area contributed by atoms with Gasteiger partial charge in [-0.05, 0) is 38.4 Å². The second-order valence-electron chi connectivity index (χ2n) is 7.21. The lowest BCUT2D eigenvalue weighted by molar-refractivity contribution is -0.121. The minimum Gasteiger partial charge on any atom is -0.495 e. The molecule has 28 heavy (non-hydrogen) atoms. The van der Waals surface area contributed by atoms with E-state index in [0.29, 0.717) is 22.2 Å². The molecule has 0 atom stereocenters. The van der Waals surface area contributed by atoms with E-state index in [9.17, 15) is 4.79 Å². The first-order valence-corrected chi connectivity index (χ1v) is 9.88. The van der Waals surface area contributed by atoms with Crippen molar-refractivity contribution in [3.8, 4) is 11.5 Å². The highest BCUT2D eigenvalue weighted by molar-refractivity contribution is 6.32.